The molecule has 0 radical (unpaired) electrons. The number of nitrogens with one attached hydrogen (secondary N) is 2. The number of thiophene rings is 1. The fraction of sp³-hybridized carbons (Fsp3) is 0.263. The van der Waals surface area contributed by atoms with Gasteiger partial charge in [0.25, 0.3) is 5.91 Å². The summed E-state index contributed by atoms with van der Waals surface area (Å²) in [4.78, 5) is 33.9. The number of aromatic nitrogens is 2. The number of hydrogen-bond acceptors (Lipinski definition) is 7. The van der Waals surface area contributed by atoms with Gasteiger partial charge in [-0.25, -0.2) is 14.8 Å². The molecule has 0 saturated heterocycles. The van der Waals surface area contributed by atoms with Gasteiger partial charge in [-0.2, -0.15) is 0 Å². The predicted octanol–water partition coefficient (Wildman–Crippen LogP) is 2.18. The minimum Gasteiger partial charge on any atom is -0.480 e. The molecule has 2 unspecified atom stereocenters. The van der Waals surface area contributed by atoms with E-state index in [9.17, 15) is 14.7 Å². The molecule has 0 aliphatic heterocycles. The molecule has 1 aromatic carbocycles. The molecule has 3 aromatic rings. The molecule has 0 aliphatic rings. The maximum Gasteiger partial charge on any atom is 0.328 e. The van der Waals surface area contributed by atoms with E-state index < -0.39 is 24.0 Å². The lowest BCUT2D eigenvalue weighted by Crippen LogP contribution is -2.47. The number of carboxylic acid groups (broad SMARTS) is 1. The van der Waals surface area contributed by atoms with Crippen molar-refractivity contribution < 1.29 is 19.8 Å². The molecule has 146 valence electrons. The van der Waals surface area contributed by atoms with Gasteiger partial charge in [-0.3, -0.25) is 4.79 Å². The van der Waals surface area contributed by atoms with Crippen molar-refractivity contribution in [3.8, 4) is 0 Å². The number of carbonyl (C=O) groups is 2. The van der Waals surface area contributed by atoms with Crippen molar-refractivity contribution >= 4 is 39.2 Å². The SMILES string of the molecule is Cc1cc2c(NCc3ccc(C(=O)NC(C(=O)O)C(C)O)cc3)ncnc2s1. The van der Waals surface area contributed by atoms with Crippen LogP contribution in [0.5, 0.6) is 0 Å². The quantitative estimate of drug-likeness (QED) is 0.479. The molecule has 1 amide bonds. The number of amides is 1. The number of aryl methyl sites for hydroxylation is 1. The Morgan fingerprint density at radius 1 is 1.21 bits per heavy atom. The third-order valence-corrected chi connectivity index (χ3v) is 5.12. The molecular weight excluding hydrogens is 380 g/mol. The number of hydrogen-bond donors (Lipinski definition) is 4. The Hall–Kier alpha value is -3.04. The van der Waals surface area contributed by atoms with Gasteiger partial charge in [0.05, 0.1) is 11.5 Å². The highest BCUT2D eigenvalue weighted by molar-refractivity contribution is 7.18. The number of carbonyl (C=O) groups excluding carboxylic acids is 1. The topological polar surface area (TPSA) is 124 Å². The Labute approximate surface area is 165 Å². The van der Waals surface area contributed by atoms with Crippen LogP contribution < -0.4 is 10.6 Å². The standard InChI is InChI=1S/C19H20N4O4S/c1-10-7-14-16(21-9-22-18(14)28-10)20-8-12-3-5-13(6-4-12)17(25)23-15(11(2)24)19(26)27/h3-7,9,11,15,24H,8H2,1-2H3,(H,23,25)(H,26,27)(H,20,21,22). The number of rotatable bonds is 7. The molecule has 2 atom stereocenters. The van der Waals surface area contributed by atoms with Gasteiger partial charge in [0.2, 0.25) is 0 Å². The molecule has 2 aromatic heterocycles. The van der Waals surface area contributed by atoms with E-state index in [0.717, 1.165) is 26.5 Å². The third-order valence-electron chi connectivity index (χ3n) is 4.16. The van der Waals surface area contributed by atoms with Crippen LogP contribution in [0.4, 0.5) is 5.82 Å². The first-order valence-electron chi connectivity index (χ1n) is 8.61. The average Bonchev–Trinajstić information content (AvgIpc) is 3.04. The first kappa shape index (κ1) is 19.7. The van der Waals surface area contributed by atoms with Crippen LogP contribution in [0.3, 0.4) is 0 Å². The fourth-order valence-electron chi connectivity index (χ4n) is 2.69. The second-order valence-electron chi connectivity index (χ2n) is 6.38. The molecule has 2 heterocycles. The number of aliphatic hydroxyl groups excluding tert-OH is 1. The van der Waals surface area contributed by atoms with Crippen LogP contribution in [0.25, 0.3) is 10.2 Å². The molecule has 0 fully saturated rings. The van der Waals surface area contributed by atoms with Crippen molar-refractivity contribution in [1.29, 1.82) is 0 Å². The molecule has 0 saturated carbocycles. The monoisotopic (exact) mass is 400 g/mol. The van der Waals surface area contributed by atoms with Crippen LogP contribution >= 0.6 is 11.3 Å². The Morgan fingerprint density at radius 3 is 2.57 bits per heavy atom. The van der Waals surface area contributed by atoms with Gasteiger partial charge in [-0.1, -0.05) is 12.1 Å². The predicted molar refractivity (Wildman–Crippen MR) is 106 cm³/mol. The number of carboxylic acids is 1. The van der Waals surface area contributed by atoms with E-state index in [1.807, 2.05) is 13.0 Å². The summed E-state index contributed by atoms with van der Waals surface area (Å²) in [6, 6.07) is 7.45. The zero-order chi connectivity index (χ0) is 20.3. The lowest BCUT2D eigenvalue weighted by Gasteiger charge is -2.17. The second kappa shape index (κ2) is 8.32. The van der Waals surface area contributed by atoms with E-state index in [1.165, 1.54) is 13.3 Å². The van der Waals surface area contributed by atoms with Crippen molar-refractivity contribution in [3.05, 3.63) is 52.7 Å². The van der Waals surface area contributed by atoms with Crippen LogP contribution in [0.15, 0.2) is 36.7 Å². The molecule has 9 heteroatoms. The molecule has 3 rings (SSSR count). The maximum absolute atomic E-state index is 12.2. The summed E-state index contributed by atoms with van der Waals surface area (Å²) < 4.78 is 0. The minimum atomic E-state index is -1.36. The Morgan fingerprint density at radius 2 is 1.93 bits per heavy atom. The second-order valence-corrected chi connectivity index (χ2v) is 7.61. The average molecular weight is 400 g/mol. The smallest absolute Gasteiger partial charge is 0.328 e. The van der Waals surface area contributed by atoms with Gasteiger partial charge in [0, 0.05) is 17.0 Å². The van der Waals surface area contributed by atoms with Crippen molar-refractivity contribution in [2.75, 3.05) is 5.32 Å². The molecule has 0 spiro atoms. The van der Waals surface area contributed by atoms with Crippen LogP contribution in [0, 0.1) is 6.92 Å². The lowest BCUT2D eigenvalue weighted by atomic mass is 10.1. The highest BCUT2D eigenvalue weighted by atomic mass is 32.1. The number of nitrogens with zero attached hydrogens (tertiary/aromatic N) is 2. The van der Waals surface area contributed by atoms with E-state index in [2.05, 4.69) is 20.6 Å². The Balaban J connectivity index is 1.65. The summed E-state index contributed by atoms with van der Waals surface area (Å²) in [5, 5.41) is 25.1. The molecule has 4 N–H and O–H groups in total. The van der Waals surface area contributed by atoms with Gasteiger partial charge in [-0.15, -0.1) is 11.3 Å². The zero-order valence-electron chi connectivity index (χ0n) is 15.3. The number of benzene rings is 1. The maximum atomic E-state index is 12.2. The third kappa shape index (κ3) is 4.44. The van der Waals surface area contributed by atoms with Crippen molar-refractivity contribution in [1.82, 2.24) is 15.3 Å². The summed E-state index contributed by atoms with van der Waals surface area (Å²) in [5.41, 5.74) is 1.24. The first-order chi connectivity index (χ1) is 13.3. The van der Waals surface area contributed by atoms with Gasteiger partial charge in [-0.05, 0) is 37.6 Å². The van der Waals surface area contributed by atoms with E-state index >= 15 is 0 Å². The number of aliphatic hydroxyl groups is 1. The summed E-state index contributed by atoms with van der Waals surface area (Å²) >= 11 is 1.61. The van der Waals surface area contributed by atoms with Gasteiger partial charge in [0.1, 0.15) is 17.0 Å². The van der Waals surface area contributed by atoms with E-state index in [1.54, 1.807) is 35.6 Å². The van der Waals surface area contributed by atoms with Gasteiger partial charge >= 0.3 is 5.97 Å². The summed E-state index contributed by atoms with van der Waals surface area (Å²) in [5.74, 6) is -1.10. The van der Waals surface area contributed by atoms with E-state index in [0.29, 0.717) is 12.1 Å². The van der Waals surface area contributed by atoms with Gasteiger partial charge < -0.3 is 20.8 Å². The molecule has 0 bridgehead atoms. The molecule has 8 nitrogen and oxygen atoms in total. The molecule has 0 aliphatic carbocycles. The number of fused-ring (bicyclic) bond motifs is 1. The Kier molecular flexibility index (Phi) is 5.86. The zero-order valence-corrected chi connectivity index (χ0v) is 16.2. The van der Waals surface area contributed by atoms with Crippen molar-refractivity contribution in [2.24, 2.45) is 0 Å². The van der Waals surface area contributed by atoms with Crippen LogP contribution in [0.2, 0.25) is 0 Å². The van der Waals surface area contributed by atoms with E-state index in [4.69, 9.17) is 5.11 Å². The number of anilines is 1. The summed E-state index contributed by atoms with van der Waals surface area (Å²) in [6.07, 6.45) is 0.324. The van der Waals surface area contributed by atoms with E-state index in [-0.39, 0.29) is 0 Å². The lowest BCUT2D eigenvalue weighted by molar-refractivity contribution is -0.141. The van der Waals surface area contributed by atoms with Crippen molar-refractivity contribution in [2.45, 2.75) is 32.5 Å². The van der Waals surface area contributed by atoms with Crippen LogP contribution in [0.1, 0.15) is 27.7 Å². The van der Waals surface area contributed by atoms with Crippen LogP contribution in [-0.2, 0) is 11.3 Å². The highest BCUT2D eigenvalue weighted by Crippen LogP contribution is 2.27. The number of aliphatic carboxylic acids is 1. The van der Waals surface area contributed by atoms with Crippen molar-refractivity contribution in [3.63, 3.8) is 0 Å². The molecular formula is C19H20N4O4S. The minimum absolute atomic E-state index is 0.313. The fourth-order valence-corrected chi connectivity index (χ4v) is 3.54. The molecule has 28 heavy (non-hydrogen) atoms. The van der Waals surface area contributed by atoms with Crippen LogP contribution in [-0.4, -0.2) is 44.2 Å². The summed E-state index contributed by atoms with van der Waals surface area (Å²) in [7, 11) is 0. The Bertz CT molecular complexity index is 1000. The highest BCUT2D eigenvalue weighted by Gasteiger charge is 2.25. The largest absolute Gasteiger partial charge is 0.480 e. The van der Waals surface area contributed by atoms with Gasteiger partial charge in [0.15, 0.2) is 6.04 Å². The first-order valence-corrected chi connectivity index (χ1v) is 9.42. The summed E-state index contributed by atoms with van der Waals surface area (Å²) in [6.45, 7) is 3.84. The normalized spacial score (nSPS) is 13.1.